The zero-order valence-electron chi connectivity index (χ0n) is 13.4. The van der Waals surface area contributed by atoms with E-state index in [1.54, 1.807) is 0 Å². The van der Waals surface area contributed by atoms with Crippen molar-refractivity contribution in [1.29, 1.82) is 0 Å². The number of hydrogen-bond acceptors (Lipinski definition) is 3. The van der Waals surface area contributed by atoms with Crippen LogP contribution in [0.5, 0.6) is 0 Å². The van der Waals surface area contributed by atoms with Crippen molar-refractivity contribution in [3.63, 3.8) is 0 Å². The molecule has 3 nitrogen and oxygen atoms in total. The second kappa shape index (κ2) is 6.33. The van der Waals surface area contributed by atoms with E-state index in [2.05, 4.69) is 24.1 Å². The highest BCUT2D eigenvalue weighted by molar-refractivity contribution is 4.94. The lowest BCUT2D eigenvalue weighted by atomic mass is 9.98. The number of ether oxygens (including phenoxy) is 1. The predicted octanol–water partition coefficient (Wildman–Crippen LogP) is 2.80. The van der Waals surface area contributed by atoms with Crippen LogP contribution < -0.4 is 5.32 Å². The van der Waals surface area contributed by atoms with Gasteiger partial charge < -0.3 is 10.1 Å². The van der Waals surface area contributed by atoms with Crippen molar-refractivity contribution in [2.75, 3.05) is 26.2 Å². The third kappa shape index (κ3) is 3.37. The van der Waals surface area contributed by atoms with Gasteiger partial charge in [0.2, 0.25) is 0 Å². The third-order valence-electron chi connectivity index (χ3n) is 5.63. The smallest absolute Gasteiger partial charge is 0.0710 e. The molecule has 3 fully saturated rings. The fraction of sp³-hybridized carbons (Fsp3) is 1.00. The highest BCUT2D eigenvalue weighted by Gasteiger charge is 2.42. The lowest BCUT2D eigenvalue weighted by Crippen LogP contribution is -2.43. The Labute approximate surface area is 124 Å². The van der Waals surface area contributed by atoms with Crippen molar-refractivity contribution in [3.8, 4) is 0 Å². The largest absolute Gasteiger partial charge is 0.370 e. The molecule has 1 N–H and O–H groups in total. The minimum absolute atomic E-state index is 0.298. The number of rotatable bonds is 3. The fourth-order valence-electron chi connectivity index (χ4n) is 4.34. The molecule has 3 rings (SSSR count). The van der Waals surface area contributed by atoms with Gasteiger partial charge in [0.15, 0.2) is 0 Å². The van der Waals surface area contributed by atoms with Gasteiger partial charge in [0.1, 0.15) is 0 Å². The molecule has 1 spiro atoms. The molecule has 0 amide bonds. The maximum atomic E-state index is 6.49. The first-order valence-electron chi connectivity index (χ1n) is 8.80. The first-order chi connectivity index (χ1) is 9.67. The molecular weight excluding hydrogens is 248 g/mol. The molecule has 0 radical (unpaired) electrons. The molecule has 3 aliphatic rings. The van der Waals surface area contributed by atoms with E-state index in [4.69, 9.17) is 4.74 Å². The summed E-state index contributed by atoms with van der Waals surface area (Å²) in [6.45, 7) is 9.44. The molecule has 116 valence electrons. The Morgan fingerprint density at radius 3 is 2.75 bits per heavy atom. The zero-order valence-corrected chi connectivity index (χ0v) is 13.4. The average Bonchev–Trinajstić information content (AvgIpc) is 2.96. The predicted molar refractivity (Wildman–Crippen MR) is 83.0 cm³/mol. The summed E-state index contributed by atoms with van der Waals surface area (Å²) in [5.41, 5.74) is 0.298. The van der Waals surface area contributed by atoms with Crippen molar-refractivity contribution in [2.45, 2.75) is 76.5 Å². The van der Waals surface area contributed by atoms with Gasteiger partial charge in [0, 0.05) is 19.1 Å². The summed E-state index contributed by atoms with van der Waals surface area (Å²) in [7, 11) is 0. The molecule has 2 heterocycles. The first-order valence-corrected chi connectivity index (χ1v) is 8.80. The molecule has 20 heavy (non-hydrogen) atoms. The molecule has 2 saturated heterocycles. The van der Waals surface area contributed by atoms with E-state index in [1.807, 2.05) is 0 Å². The van der Waals surface area contributed by atoms with Gasteiger partial charge in [-0.2, -0.15) is 0 Å². The Morgan fingerprint density at radius 1 is 1.20 bits per heavy atom. The first kappa shape index (κ1) is 14.8. The van der Waals surface area contributed by atoms with Gasteiger partial charge in [-0.05, 0) is 51.1 Å². The summed E-state index contributed by atoms with van der Waals surface area (Å²) in [5, 5.41) is 3.70. The maximum absolute atomic E-state index is 6.49. The number of hydrogen-bond donors (Lipinski definition) is 1. The maximum Gasteiger partial charge on any atom is 0.0710 e. The Kier molecular flexibility index (Phi) is 4.68. The van der Waals surface area contributed by atoms with Crippen LogP contribution in [0.1, 0.15) is 58.8 Å². The lowest BCUT2D eigenvalue weighted by Gasteiger charge is -2.30. The van der Waals surface area contributed by atoms with E-state index in [-0.39, 0.29) is 0 Å². The summed E-state index contributed by atoms with van der Waals surface area (Å²) >= 11 is 0. The van der Waals surface area contributed by atoms with E-state index in [0.29, 0.717) is 17.7 Å². The van der Waals surface area contributed by atoms with Gasteiger partial charge in [-0.3, -0.25) is 4.90 Å². The summed E-state index contributed by atoms with van der Waals surface area (Å²) in [6.07, 6.45) is 9.79. The molecule has 0 aromatic heterocycles. The van der Waals surface area contributed by atoms with Gasteiger partial charge in [-0.25, -0.2) is 0 Å². The van der Waals surface area contributed by atoms with Crippen LogP contribution in [0.25, 0.3) is 0 Å². The molecule has 1 aliphatic carbocycles. The molecule has 2 aliphatic heterocycles. The van der Waals surface area contributed by atoms with E-state index in [1.165, 1.54) is 64.6 Å². The molecule has 2 unspecified atom stereocenters. The monoisotopic (exact) mass is 280 g/mol. The van der Waals surface area contributed by atoms with Crippen LogP contribution in [0.2, 0.25) is 0 Å². The van der Waals surface area contributed by atoms with Gasteiger partial charge in [0.25, 0.3) is 0 Å². The highest BCUT2D eigenvalue weighted by Crippen LogP contribution is 2.43. The third-order valence-corrected chi connectivity index (χ3v) is 5.63. The summed E-state index contributed by atoms with van der Waals surface area (Å²) < 4.78 is 6.49. The van der Waals surface area contributed by atoms with Crippen molar-refractivity contribution in [1.82, 2.24) is 10.2 Å². The van der Waals surface area contributed by atoms with Crippen LogP contribution in [-0.2, 0) is 4.74 Å². The van der Waals surface area contributed by atoms with Crippen LogP contribution in [0.4, 0.5) is 0 Å². The van der Waals surface area contributed by atoms with Crippen molar-refractivity contribution in [2.24, 2.45) is 5.92 Å². The number of nitrogens with zero attached hydrogens (tertiary/aromatic N) is 1. The average molecular weight is 280 g/mol. The lowest BCUT2D eigenvalue weighted by molar-refractivity contribution is -0.0475. The summed E-state index contributed by atoms with van der Waals surface area (Å²) in [5.74, 6) is 0.723. The van der Waals surface area contributed by atoms with Gasteiger partial charge in [-0.1, -0.05) is 26.7 Å². The van der Waals surface area contributed by atoms with Crippen molar-refractivity contribution < 1.29 is 4.74 Å². The van der Waals surface area contributed by atoms with Crippen molar-refractivity contribution >= 4 is 0 Å². The van der Waals surface area contributed by atoms with E-state index < -0.39 is 0 Å². The van der Waals surface area contributed by atoms with Crippen LogP contribution in [0.15, 0.2) is 0 Å². The molecule has 1 saturated carbocycles. The van der Waals surface area contributed by atoms with Gasteiger partial charge in [-0.15, -0.1) is 0 Å². The zero-order chi connectivity index (χ0) is 14.0. The summed E-state index contributed by atoms with van der Waals surface area (Å²) in [4.78, 5) is 2.66. The number of nitrogens with one attached hydrogen (secondary N) is 1. The topological polar surface area (TPSA) is 24.5 Å². The summed E-state index contributed by atoms with van der Waals surface area (Å²) in [6, 6.07) is 0.652. The highest BCUT2D eigenvalue weighted by atomic mass is 16.5. The second-order valence-electron chi connectivity index (χ2n) is 7.59. The van der Waals surface area contributed by atoms with Crippen molar-refractivity contribution in [3.05, 3.63) is 0 Å². The van der Waals surface area contributed by atoms with E-state index >= 15 is 0 Å². The minimum atomic E-state index is 0.298. The molecule has 2 atom stereocenters. The Bertz CT molecular complexity index is 312. The quantitative estimate of drug-likeness (QED) is 0.860. The molecular formula is C17H32N2O. The standard InChI is InChI=1S/C17H32N2O/c1-14(2)16-13-19(11-5-10-18-16)12-15-6-9-17(20-15)7-3-4-8-17/h14-16,18H,3-13H2,1-2H3. The Morgan fingerprint density at radius 2 is 2.00 bits per heavy atom. The van der Waals surface area contributed by atoms with E-state index in [0.717, 1.165) is 12.5 Å². The van der Waals surface area contributed by atoms with Gasteiger partial charge >= 0.3 is 0 Å². The van der Waals surface area contributed by atoms with Crippen LogP contribution in [-0.4, -0.2) is 48.8 Å². The fourth-order valence-corrected chi connectivity index (χ4v) is 4.34. The molecule has 0 aromatic rings. The SMILES string of the molecule is CC(C)C1CN(CC2CCC3(CCCC3)O2)CCCN1. The molecule has 0 aromatic carbocycles. The second-order valence-corrected chi connectivity index (χ2v) is 7.59. The minimum Gasteiger partial charge on any atom is -0.370 e. The van der Waals surface area contributed by atoms with Crippen LogP contribution in [0.3, 0.4) is 0 Å². The molecule has 0 bridgehead atoms. The Hall–Kier alpha value is -0.120. The van der Waals surface area contributed by atoms with E-state index in [9.17, 15) is 0 Å². The Balaban J connectivity index is 1.52. The van der Waals surface area contributed by atoms with Crippen LogP contribution >= 0.6 is 0 Å². The van der Waals surface area contributed by atoms with Crippen LogP contribution in [0, 0.1) is 5.92 Å². The van der Waals surface area contributed by atoms with Gasteiger partial charge in [0.05, 0.1) is 11.7 Å². The molecule has 3 heteroatoms. The normalized spacial score (nSPS) is 35.0.